The number of aliphatic imine (C=N–C) groups is 1. The SMILES string of the molecule is CCNC(=NCc1ccc(N2CCCCCC2)nc1)NCC(C)N1CCOCC1. The zero-order valence-electron chi connectivity index (χ0n) is 18.2. The zero-order valence-corrected chi connectivity index (χ0v) is 18.2. The number of morpholine rings is 1. The molecule has 0 aromatic carbocycles. The van der Waals surface area contributed by atoms with E-state index in [0.29, 0.717) is 12.6 Å². The third kappa shape index (κ3) is 7.16. The highest BCUT2D eigenvalue weighted by Gasteiger charge is 2.17. The summed E-state index contributed by atoms with van der Waals surface area (Å²) in [4.78, 5) is 14.3. The summed E-state index contributed by atoms with van der Waals surface area (Å²) >= 11 is 0. The Kier molecular flexibility index (Phi) is 9.02. The molecular weight excluding hydrogens is 364 g/mol. The molecule has 2 saturated heterocycles. The van der Waals surface area contributed by atoms with Gasteiger partial charge < -0.3 is 20.3 Å². The van der Waals surface area contributed by atoms with Crippen molar-refractivity contribution in [3.05, 3.63) is 23.9 Å². The van der Waals surface area contributed by atoms with E-state index < -0.39 is 0 Å². The van der Waals surface area contributed by atoms with Crippen molar-refractivity contribution in [3.63, 3.8) is 0 Å². The standard InChI is InChI=1S/C22H38N6O/c1-3-23-22(25-16-19(2)27-12-14-29-15-13-27)26-18-20-8-9-21(24-17-20)28-10-6-4-5-7-11-28/h8-9,17,19H,3-7,10-16,18H2,1-2H3,(H2,23,25,26). The van der Waals surface area contributed by atoms with Crippen LogP contribution in [0.5, 0.6) is 0 Å². The molecule has 162 valence electrons. The van der Waals surface area contributed by atoms with Gasteiger partial charge in [-0.25, -0.2) is 9.98 Å². The molecule has 7 nitrogen and oxygen atoms in total. The fraction of sp³-hybridized carbons (Fsp3) is 0.727. The first-order valence-electron chi connectivity index (χ1n) is 11.3. The van der Waals surface area contributed by atoms with Gasteiger partial charge in [0, 0.05) is 51.5 Å². The van der Waals surface area contributed by atoms with Crippen LogP contribution in [0, 0.1) is 0 Å². The van der Waals surface area contributed by atoms with Crippen molar-refractivity contribution < 1.29 is 4.74 Å². The second-order valence-electron chi connectivity index (χ2n) is 8.00. The fourth-order valence-corrected chi connectivity index (χ4v) is 3.90. The van der Waals surface area contributed by atoms with E-state index in [1.54, 1.807) is 0 Å². The van der Waals surface area contributed by atoms with E-state index in [2.05, 4.69) is 46.4 Å². The Morgan fingerprint density at radius 1 is 1.10 bits per heavy atom. The molecule has 2 fully saturated rings. The van der Waals surface area contributed by atoms with Gasteiger partial charge in [0.1, 0.15) is 5.82 Å². The van der Waals surface area contributed by atoms with E-state index in [0.717, 1.165) is 69.8 Å². The van der Waals surface area contributed by atoms with E-state index in [4.69, 9.17) is 14.7 Å². The zero-order chi connectivity index (χ0) is 20.3. The average Bonchev–Trinajstić information content (AvgIpc) is 3.06. The summed E-state index contributed by atoms with van der Waals surface area (Å²) in [5.74, 6) is 1.97. The van der Waals surface area contributed by atoms with Crippen molar-refractivity contribution in [1.29, 1.82) is 0 Å². The minimum Gasteiger partial charge on any atom is -0.379 e. The topological polar surface area (TPSA) is 65.0 Å². The second kappa shape index (κ2) is 12.0. The highest BCUT2D eigenvalue weighted by Crippen LogP contribution is 2.17. The largest absolute Gasteiger partial charge is 0.379 e. The van der Waals surface area contributed by atoms with E-state index in [9.17, 15) is 0 Å². The molecule has 3 rings (SSSR count). The third-order valence-corrected chi connectivity index (χ3v) is 5.74. The number of ether oxygens (including phenoxy) is 1. The molecule has 2 aliphatic heterocycles. The number of hydrogen-bond donors (Lipinski definition) is 2. The lowest BCUT2D eigenvalue weighted by Gasteiger charge is -2.32. The Labute approximate surface area is 175 Å². The molecule has 3 heterocycles. The number of hydrogen-bond acceptors (Lipinski definition) is 5. The predicted octanol–water partition coefficient (Wildman–Crippen LogP) is 2.24. The van der Waals surface area contributed by atoms with Crippen molar-refractivity contribution in [2.75, 3.05) is 57.4 Å². The number of nitrogens with one attached hydrogen (secondary N) is 2. The molecule has 0 spiro atoms. The number of pyridine rings is 1. The number of guanidine groups is 1. The minimum absolute atomic E-state index is 0.456. The number of aromatic nitrogens is 1. The highest BCUT2D eigenvalue weighted by atomic mass is 16.5. The normalized spacial score (nSPS) is 20.2. The van der Waals surface area contributed by atoms with Gasteiger partial charge in [-0.05, 0) is 38.3 Å². The van der Waals surface area contributed by atoms with Crippen molar-refractivity contribution in [2.45, 2.75) is 52.1 Å². The van der Waals surface area contributed by atoms with Gasteiger partial charge in [-0.1, -0.05) is 18.9 Å². The first kappa shape index (κ1) is 21.8. The van der Waals surface area contributed by atoms with Crippen LogP contribution < -0.4 is 15.5 Å². The Morgan fingerprint density at radius 3 is 2.52 bits per heavy atom. The molecule has 1 aromatic heterocycles. The summed E-state index contributed by atoms with van der Waals surface area (Å²) < 4.78 is 5.45. The molecule has 1 aromatic rings. The van der Waals surface area contributed by atoms with E-state index in [-0.39, 0.29) is 0 Å². The van der Waals surface area contributed by atoms with Crippen LogP contribution in [0.4, 0.5) is 5.82 Å². The van der Waals surface area contributed by atoms with Crippen molar-refractivity contribution >= 4 is 11.8 Å². The van der Waals surface area contributed by atoms with Crippen molar-refractivity contribution in [3.8, 4) is 0 Å². The maximum absolute atomic E-state index is 5.45. The predicted molar refractivity (Wildman–Crippen MR) is 120 cm³/mol. The van der Waals surface area contributed by atoms with Gasteiger partial charge in [0.05, 0.1) is 19.8 Å². The van der Waals surface area contributed by atoms with Gasteiger partial charge in [0.15, 0.2) is 5.96 Å². The first-order valence-corrected chi connectivity index (χ1v) is 11.3. The molecule has 2 N–H and O–H groups in total. The van der Waals surface area contributed by atoms with Gasteiger partial charge in [-0.3, -0.25) is 4.90 Å². The van der Waals surface area contributed by atoms with Crippen LogP contribution in [-0.2, 0) is 11.3 Å². The van der Waals surface area contributed by atoms with Crippen LogP contribution in [0.25, 0.3) is 0 Å². The molecule has 0 radical (unpaired) electrons. The maximum Gasteiger partial charge on any atom is 0.191 e. The summed E-state index contributed by atoms with van der Waals surface area (Å²) in [5.41, 5.74) is 1.14. The molecular formula is C22H38N6O. The third-order valence-electron chi connectivity index (χ3n) is 5.74. The number of nitrogens with zero attached hydrogens (tertiary/aromatic N) is 4. The van der Waals surface area contributed by atoms with Crippen LogP contribution in [0.2, 0.25) is 0 Å². The van der Waals surface area contributed by atoms with E-state index in [1.807, 2.05) is 6.20 Å². The van der Waals surface area contributed by atoms with Gasteiger partial charge in [0.25, 0.3) is 0 Å². The minimum atomic E-state index is 0.456. The smallest absolute Gasteiger partial charge is 0.191 e. The van der Waals surface area contributed by atoms with Gasteiger partial charge in [-0.2, -0.15) is 0 Å². The van der Waals surface area contributed by atoms with Crippen LogP contribution in [0.15, 0.2) is 23.3 Å². The summed E-state index contributed by atoms with van der Waals surface area (Å²) in [6.45, 7) is 12.6. The quantitative estimate of drug-likeness (QED) is 0.539. The first-order chi connectivity index (χ1) is 14.3. The molecule has 1 atom stereocenters. The molecule has 2 aliphatic rings. The van der Waals surface area contributed by atoms with Gasteiger partial charge in [0.2, 0.25) is 0 Å². The average molecular weight is 403 g/mol. The van der Waals surface area contributed by atoms with Crippen molar-refractivity contribution in [1.82, 2.24) is 20.5 Å². The Bertz CT molecular complexity index is 606. The number of rotatable bonds is 7. The van der Waals surface area contributed by atoms with Crippen LogP contribution in [0.1, 0.15) is 45.1 Å². The molecule has 0 aliphatic carbocycles. The summed E-state index contributed by atoms with van der Waals surface area (Å²) in [5, 5.41) is 6.83. The van der Waals surface area contributed by atoms with Gasteiger partial charge in [-0.15, -0.1) is 0 Å². The van der Waals surface area contributed by atoms with Crippen LogP contribution in [0.3, 0.4) is 0 Å². The van der Waals surface area contributed by atoms with Crippen LogP contribution >= 0.6 is 0 Å². The molecule has 0 saturated carbocycles. The Balaban J connectivity index is 1.50. The molecule has 0 bridgehead atoms. The monoisotopic (exact) mass is 402 g/mol. The summed E-state index contributed by atoms with van der Waals surface area (Å²) in [7, 11) is 0. The van der Waals surface area contributed by atoms with E-state index in [1.165, 1.54) is 25.7 Å². The van der Waals surface area contributed by atoms with Crippen molar-refractivity contribution in [2.24, 2.45) is 4.99 Å². The molecule has 29 heavy (non-hydrogen) atoms. The maximum atomic E-state index is 5.45. The fourth-order valence-electron chi connectivity index (χ4n) is 3.90. The lowest BCUT2D eigenvalue weighted by atomic mass is 10.2. The summed E-state index contributed by atoms with van der Waals surface area (Å²) in [6.07, 6.45) is 7.20. The lowest BCUT2D eigenvalue weighted by Crippen LogP contribution is -2.49. The number of anilines is 1. The lowest BCUT2D eigenvalue weighted by molar-refractivity contribution is 0.0211. The van der Waals surface area contributed by atoms with Gasteiger partial charge >= 0.3 is 0 Å². The summed E-state index contributed by atoms with van der Waals surface area (Å²) in [6, 6.07) is 4.77. The molecule has 0 amide bonds. The second-order valence-corrected chi connectivity index (χ2v) is 8.00. The Morgan fingerprint density at radius 2 is 1.86 bits per heavy atom. The molecule has 1 unspecified atom stereocenters. The van der Waals surface area contributed by atoms with E-state index >= 15 is 0 Å². The van der Waals surface area contributed by atoms with Crippen LogP contribution in [-0.4, -0.2) is 74.4 Å². The highest BCUT2D eigenvalue weighted by molar-refractivity contribution is 5.79. The molecule has 7 heteroatoms. The Hall–Kier alpha value is -1.86.